The second-order valence-electron chi connectivity index (χ2n) is 5.54. The molecule has 4 amide bonds. The highest BCUT2D eigenvalue weighted by atomic mass is 79.9. The number of imide groups is 2. The highest BCUT2D eigenvalue weighted by molar-refractivity contribution is 9.10. The topological polar surface area (TPSA) is 78.8 Å². The normalized spacial score (nSPS) is 17.9. The second-order valence-corrected chi connectivity index (χ2v) is 6.45. The number of benzene rings is 2. The first-order valence-corrected chi connectivity index (χ1v) is 8.30. The van der Waals surface area contributed by atoms with E-state index in [4.69, 9.17) is 0 Å². The average Bonchev–Trinajstić information content (AvgIpc) is 2.57. The lowest BCUT2D eigenvalue weighted by atomic mass is 10.1. The third-order valence-electron chi connectivity index (χ3n) is 3.69. The molecule has 1 aliphatic rings. The van der Waals surface area contributed by atoms with Crippen LogP contribution in [0.2, 0.25) is 0 Å². The lowest BCUT2D eigenvalue weighted by Gasteiger charge is -2.28. The molecular formula is C18H14BrN3O3. The molecule has 7 heteroatoms. The number of carbonyl (C=O) groups excluding carboxylic acids is 3. The van der Waals surface area contributed by atoms with Gasteiger partial charge < -0.3 is 0 Å². The minimum absolute atomic E-state index is 0.381. The number of aryl methyl sites for hydroxylation is 1. The van der Waals surface area contributed by atoms with Crippen molar-refractivity contribution in [3.63, 3.8) is 0 Å². The maximum Gasteiger partial charge on any atom is 0.335 e. The van der Waals surface area contributed by atoms with Gasteiger partial charge in [0.1, 0.15) is 0 Å². The van der Waals surface area contributed by atoms with Crippen molar-refractivity contribution in [1.29, 1.82) is 0 Å². The molecule has 2 aromatic rings. The number of aliphatic imine (C=N–C) groups is 1. The summed E-state index contributed by atoms with van der Waals surface area (Å²) in [6, 6.07) is 13.2. The van der Waals surface area contributed by atoms with Crippen LogP contribution in [0, 0.1) is 12.8 Å². The lowest BCUT2D eigenvalue weighted by Crippen LogP contribution is -2.58. The Bertz CT molecular complexity index is 860. The van der Waals surface area contributed by atoms with E-state index in [9.17, 15) is 14.4 Å². The smallest absolute Gasteiger partial charge is 0.276 e. The van der Waals surface area contributed by atoms with E-state index in [0.29, 0.717) is 11.4 Å². The first-order valence-electron chi connectivity index (χ1n) is 7.51. The van der Waals surface area contributed by atoms with Crippen molar-refractivity contribution >= 4 is 51.4 Å². The number of nitrogens with zero attached hydrogens (tertiary/aromatic N) is 2. The SMILES string of the molecule is Cc1ccc(N=C[C@H]2C(=O)NC(=O)N(c3ccc(Br)cc3)C2=O)cc1. The zero-order chi connectivity index (χ0) is 18.0. The van der Waals surface area contributed by atoms with Crippen molar-refractivity contribution in [1.82, 2.24) is 5.32 Å². The van der Waals surface area contributed by atoms with Gasteiger partial charge >= 0.3 is 6.03 Å². The Morgan fingerprint density at radius 2 is 1.68 bits per heavy atom. The van der Waals surface area contributed by atoms with E-state index in [2.05, 4.69) is 26.2 Å². The van der Waals surface area contributed by atoms with Gasteiger partial charge in [-0.05, 0) is 43.3 Å². The fourth-order valence-electron chi connectivity index (χ4n) is 2.35. The van der Waals surface area contributed by atoms with Crippen molar-refractivity contribution in [3.8, 4) is 0 Å². The van der Waals surface area contributed by atoms with Crippen LogP contribution in [0.3, 0.4) is 0 Å². The minimum Gasteiger partial charge on any atom is -0.276 e. The number of rotatable bonds is 3. The molecule has 25 heavy (non-hydrogen) atoms. The summed E-state index contributed by atoms with van der Waals surface area (Å²) in [5.41, 5.74) is 2.09. The molecule has 0 spiro atoms. The van der Waals surface area contributed by atoms with Crippen LogP contribution in [0.25, 0.3) is 0 Å². The fraction of sp³-hybridized carbons (Fsp3) is 0.111. The molecule has 0 saturated carbocycles. The Labute approximate surface area is 152 Å². The largest absolute Gasteiger partial charge is 0.335 e. The van der Waals surface area contributed by atoms with Crippen LogP contribution in [-0.4, -0.2) is 24.1 Å². The van der Waals surface area contributed by atoms with Crippen molar-refractivity contribution < 1.29 is 14.4 Å². The summed E-state index contributed by atoms with van der Waals surface area (Å²) in [5.74, 6) is -2.48. The molecule has 6 nitrogen and oxygen atoms in total. The molecule has 1 N–H and O–H groups in total. The van der Waals surface area contributed by atoms with Gasteiger partial charge in [0.2, 0.25) is 5.91 Å². The third-order valence-corrected chi connectivity index (χ3v) is 4.22. The van der Waals surface area contributed by atoms with Crippen LogP contribution in [0.15, 0.2) is 58.0 Å². The quantitative estimate of drug-likeness (QED) is 0.634. The zero-order valence-electron chi connectivity index (χ0n) is 13.3. The summed E-state index contributed by atoms with van der Waals surface area (Å²) in [6.45, 7) is 1.95. The fourth-order valence-corrected chi connectivity index (χ4v) is 2.61. The molecule has 0 bridgehead atoms. The Morgan fingerprint density at radius 1 is 1.04 bits per heavy atom. The highest BCUT2D eigenvalue weighted by Crippen LogP contribution is 2.23. The average molecular weight is 400 g/mol. The molecule has 0 aromatic heterocycles. The Hall–Kier alpha value is -2.80. The van der Waals surface area contributed by atoms with Crippen LogP contribution < -0.4 is 10.2 Å². The summed E-state index contributed by atoms with van der Waals surface area (Å²) in [5, 5.41) is 2.19. The first kappa shape index (κ1) is 17.0. The van der Waals surface area contributed by atoms with E-state index in [1.807, 2.05) is 19.1 Å². The number of barbiturate groups is 1. The molecule has 0 aliphatic carbocycles. The predicted molar refractivity (Wildman–Crippen MR) is 98.0 cm³/mol. The molecule has 0 unspecified atom stereocenters. The van der Waals surface area contributed by atoms with Crippen molar-refractivity contribution in [2.24, 2.45) is 10.9 Å². The highest BCUT2D eigenvalue weighted by Gasteiger charge is 2.40. The molecule has 1 fully saturated rings. The van der Waals surface area contributed by atoms with E-state index < -0.39 is 23.8 Å². The number of urea groups is 1. The number of anilines is 1. The molecule has 0 radical (unpaired) electrons. The second kappa shape index (κ2) is 6.98. The van der Waals surface area contributed by atoms with Gasteiger partial charge in [-0.1, -0.05) is 33.6 Å². The van der Waals surface area contributed by atoms with Gasteiger partial charge in [0.25, 0.3) is 5.91 Å². The van der Waals surface area contributed by atoms with Crippen molar-refractivity contribution in [2.75, 3.05) is 4.90 Å². The number of amides is 4. The summed E-state index contributed by atoms with van der Waals surface area (Å²) in [7, 11) is 0. The minimum atomic E-state index is -1.16. The number of carbonyl (C=O) groups is 3. The molecule has 126 valence electrons. The van der Waals surface area contributed by atoms with Gasteiger partial charge in [0, 0.05) is 10.7 Å². The summed E-state index contributed by atoms with van der Waals surface area (Å²) < 4.78 is 0.815. The van der Waals surface area contributed by atoms with E-state index in [1.165, 1.54) is 6.21 Å². The maximum absolute atomic E-state index is 12.6. The lowest BCUT2D eigenvalue weighted by molar-refractivity contribution is -0.131. The maximum atomic E-state index is 12.6. The van der Waals surface area contributed by atoms with Gasteiger partial charge in [0.15, 0.2) is 5.92 Å². The van der Waals surface area contributed by atoms with Gasteiger partial charge in [-0.15, -0.1) is 0 Å². The monoisotopic (exact) mass is 399 g/mol. The Balaban J connectivity index is 1.87. The van der Waals surface area contributed by atoms with E-state index in [1.54, 1.807) is 36.4 Å². The van der Waals surface area contributed by atoms with Gasteiger partial charge in [-0.2, -0.15) is 0 Å². The van der Waals surface area contributed by atoms with E-state index in [0.717, 1.165) is 14.9 Å². The number of halogens is 1. The van der Waals surface area contributed by atoms with Crippen molar-refractivity contribution in [2.45, 2.75) is 6.92 Å². The van der Waals surface area contributed by atoms with Gasteiger partial charge in [0.05, 0.1) is 11.4 Å². The summed E-state index contributed by atoms with van der Waals surface area (Å²) >= 11 is 3.30. The number of nitrogens with one attached hydrogen (secondary N) is 1. The first-order chi connectivity index (χ1) is 12.0. The van der Waals surface area contributed by atoms with Crippen LogP contribution in [0.4, 0.5) is 16.2 Å². The van der Waals surface area contributed by atoms with Crippen LogP contribution in [-0.2, 0) is 9.59 Å². The number of hydrogen-bond acceptors (Lipinski definition) is 4. The molecule has 1 aliphatic heterocycles. The zero-order valence-corrected chi connectivity index (χ0v) is 14.9. The predicted octanol–water partition coefficient (Wildman–Crippen LogP) is 3.36. The van der Waals surface area contributed by atoms with Gasteiger partial charge in [-0.25, -0.2) is 9.69 Å². The van der Waals surface area contributed by atoms with Crippen LogP contribution >= 0.6 is 15.9 Å². The van der Waals surface area contributed by atoms with Crippen LogP contribution in [0.5, 0.6) is 0 Å². The third kappa shape index (κ3) is 3.66. The van der Waals surface area contributed by atoms with Gasteiger partial charge in [-0.3, -0.25) is 19.9 Å². The van der Waals surface area contributed by atoms with Crippen molar-refractivity contribution in [3.05, 3.63) is 58.6 Å². The summed E-state index contributed by atoms with van der Waals surface area (Å²) in [4.78, 5) is 41.9. The standard InChI is InChI=1S/C18H14BrN3O3/c1-11-2-6-13(7-3-11)20-10-15-16(23)21-18(25)22(17(15)24)14-8-4-12(19)5-9-14/h2-10,15H,1H3,(H,21,23,25)/t15-/m0/s1. The Kier molecular flexibility index (Phi) is 4.76. The molecule has 2 aromatic carbocycles. The van der Waals surface area contributed by atoms with E-state index in [-0.39, 0.29) is 0 Å². The molecule has 1 heterocycles. The molecular weight excluding hydrogens is 386 g/mol. The van der Waals surface area contributed by atoms with Crippen LogP contribution in [0.1, 0.15) is 5.56 Å². The summed E-state index contributed by atoms with van der Waals surface area (Å²) in [6.07, 6.45) is 1.26. The molecule has 1 saturated heterocycles. The van der Waals surface area contributed by atoms with E-state index >= 15 is 0 Å². The Morgan fingerprint density at radius 3 is 2.32 bits per heavy atom. The number of hydrogen-bond donors (Lipinski definition) is 1. The molecule has 3 rings (SSSR count). The molecule has 1 atom stereocenters.